The monoisotopic (exact) mass is 295 g/mol. The molecule has 1 aromatic rings. The Balaban J connectivity index is 1.88. The van der Waals surface area contributed by atoms with Crippen molar-refractivity contribution in [3.8, 4) is 0 Å². The molecule has 2 saturated carbocycles. The molecule has 20 heavy (non-hydrogen) atoms. The van der Waals surface area contributed by atoms with Crippen LogP contribution in [0.3, 0.4) is 0 Å². The quantitative estimate of drug-likeness (QED) is 0.850. The first-order valence-electron chi connectivity index (χ1n) is 7.64. The van der Waals surface area contributed by atoms with Gasteiger partial charge >= 0.3 is 0 Å². The molecule has 2 aliphatic rings. The molecule has 2 fully saturated rings. The summed E-state index contributed by atoms with van der Waals surface area (Å²) in [5, 5.41) is 3.76. The normalized spacial score (nSPS) is 22.6. The van der Waals surface area contributed by atoms with E-state index in [0.717, 1.165) is 24.9 Å². The Labute approximate surface area is 125 Å². The van der Waals surface area contributed by atoms with E-state index in [0.29, 0.717) is 11.5 Å². The van der Waals surface area contributed by atoms with Crippen LogP contribution in [0.1, 0.15) is 51.5 Å². The number of benzene rings is 1. The SMILES string of the molecule is CC(C)NCC1(c2cccc(Cl)c2F)CC2(CCC2)C1. The zero-order valence-electron chi connectivity index (χ0n) is 12.3. The molecule has 3 heteroatoms. The van der Waals surface area contributed by atoms with Gasteiger partial charge in [0.2, 0.25) is 0 Å². The first-order valence-corrected chi connectivity index (χ1v) is 8.02. The summed E-state index contributed by atoms with van der Waals surface area (Å²) < 4.78 is 14.5. The van der Waals surface area contributed by atoms with Crippen molar-refractivity contribution in [3.63, 3.8) is 0 Å². The van der Waals surface area contributed by atoms with Crippen LogP contribution in [-0.2, 0) is 5.41 Å². The highest BCUT2D eigenvalue weighted by atomic mass is 35.5. The Kier molecular flexibility index (Phi) is 3.58. The van der Waals surface area contributed by atoms with Crippen molar-refractivity contribution in [3.05, 3.63) is 34.6 Å². The van der Waals surface area contributed by atoms with Crippen molar-refractivity contribution >= 4 is 11.6 Å². The van der Waals surface area contributed by atoms with Crippen LogP contribution in [0.25, 0.3) is 0 Å². The Morgan fingerprint density at radius 2 is 2.00 bits per heavy atom. The van der Waals surface area contributed by atoms with Crippen molar-refractivity contribution < 1.29 is 4.39 Å². The molecule has 0 aromatic heterocycles. The van der Waals surface area contributed by atoms with Gasteiger partial charge in [0.1, 0.15) is 5.82 Å². The third-order valence-electron chi connectivity index (χ3n) is 5.21. The van der Waals surface area contributed by atoms with E-state index in [-0.39, 0.29) is 16.3 Å². The van der Waals surface area contributed by atoms with Gasteiger partial charge < -0.3 is 5.32 Å². The lowest BCUT2D eigenvalue weighted by Crippen LogP contribution is -2.58. The van der Waals surface area contributed by atoms with E-state index >= 15 is 0 Å². The molecule has 0 saturated heterocycles. The van der Waals surface area contributed by atoms with Gasteiger partial charge in [-0.1, -0.05) is 44.0 Å². The van der Waals surface area contributed by atoms with Crippen LogP contribution >= 0.6 is 11.6 Å². The summed E-state index contributed by atoms with van der Waals surface area (Å²) in [4.78, 5) is 0. The highest BCUT2D eigenvalue weighted by Crippen LogP contribution is 2.65. The second-order valence-corrected chi connectivity index (χ2v) is 7.53. The Morgan fingerprint density at radius 3 is 2.55 bits per heavy atom. The average molecular weight is 296 g/mol. The highest BCUT2D eigenvalue weighted by Gasteiger charge is 2.58. The number of hydrogen-bond donors (Lipinski definition) is 1. The predicted octanol–water partition coefficient (Wildman–Crippen LogP) is 4.68. The van der Waals surface area contributed by atoms with Crippen molar-refractivity contribution in [1.82, 2.24) is 5.32 Å². The van der Waals surface area contributed by atoms with Crippen LogP contribution in [0, 0.1) is 11.2 Å². The molecule has 0 atom stereocenters. The first-order chi connectivity index (χ1) is 9.46. The maximum atomic E-state index is 14.5. The van der Waals surface area contributed by atoms with Gasteiger partial charge in [0.05, 0.1) is 5.02 Å². The molecule has 0 unspecified atom stereocenters. The van der Waals surface area contributed by atoms with E-state index in [2.05, 4.69) is 19.2 Å². The summed E-state index contributed by atoms with van der Waals surface area (Å²) >= 11 is 5.99. The first kappa shape index (κ1) is 14.3. The summed E-state index contributed by atoms with van der Waals surface area (Å²) in [6.45, 7) is 5.13. The fourth-order valence-corrected chi connectivity index (χ4v) is 4.31. The molecule has 1 spiro atoms. The molecule has 1 nitrogen and oxygen atoms in total. The van der Waals surface area contributed by atoms with Gasteiger partial charge in [-0.05, 0) is 42.7 Å². The summed E-state index contributed by atoms with van der Waals surface area (Å²) in [5.41, 5.74) is 1.27. The smallest absolute Gasteiger partial charge is 0.145 e. The molecule has 3 rings (SSSR count). The van der Waals surface area contributed by atoms with E-state index in [9.17, 15) is 4.39 Å². The van der Waals surface area contributed by atoms with Crippen LogP contribution in [0.2, 0.25) is 5.02 Å². The van der Waals surface area contributed by atoms with Gasteiger partial charge in [-0.2, -0.15) is 0 Å². The van der Waals surface area contributed by atoms with Crippen LogP contribution in [0.4, 0.5) is 4.39 Å². The predicted molar refractivity (Wildman–Crippen MR) is 81.7 cm³/mol. The highest BCUT2D eigenvalue weighted by molar-refractivity contribution is 6.30. The van der Waals surface area contributed by atoms with Gasteiger partial charge in [0, 0.05) is 18.0 Å². The number of nitrogens with one attached hydrogen (secondary N) is 1. The number of hydrogen-bond acceptors (Lipinski definition) is 1. The van der Waals surface area contributed by atoms with Gasteiger partial charge in [-0.3, -0.25) is 0 Å². The second kappa shape index (κ2) is 4.99. The van der Waals surface area contributed by atoms with E-state index in [4.69, 9.17) is 11.6 Å². The van der Waals surface area contributed by atoms with Crippen LogP contribution in [0.15, 0.2) is 18.2 Å². The minimum Gasteiger partial charge on any atom is -0.314 e. The minimum absolute atomic E-state index is 0.0559. The van der Waals surface area contributed by atoms with Gasteiger partial charge in [0.25, 0.3) is 0 Å². The molecule has 0 amide bonds. The lowest BCUT2D eigenvalue weighted by Gasteiger charge is -2.62. The minimum atomic E-state index is -0.214. The van der Waals surface area contributed by atoms with E-state index in [1.54, 1.807) is 6.07 Å². The van der Waals surface area contributed by atoms with E-state index < -0.39 is 0 Å². The van der Waals surface area contributed by atoms with E-state index in [1.165, 1.54) is 19.3 Å². The Morgan fingerprint density at radius 1 is 1.30 bits per heavy atom. The zero-order valence-corrected chi connectivity index (χ0v) is 13.1. The van der Waals surface area contributed by atoms with Crippen LogP contribution in [0.5, 0.6) is 0 Å². The summed E-state index contributed by atoms with van der Waals surface area (Å²) in [7, 11) is 0. The fourth-order valence-electron chi connectivity index (χ4n) is 4.14. The zero-order chi connectivity index (χ0) is 14.4. The maximum absolute atomic E-state index is 14.5. The molecule has 0 radical (unpaired) electrons. The average Bonchev–Trinajstić information content (AvgIpc) is 2.30. The van der Waals surface area contributed by atoms with Gasteiger partial charge in [0.15, 0.2) is 0 Å². The molecule has 0 aliphatic heterocycles. The fraction of sp³-hybridized carbons (Fsp3) is 0.647. The Hall–Kier alpha value is -0.600. The third kappa shape index (κ3) is 2.27. The van der Waals surface area contributed by atoms with Crippen LogP contribution < -0.4 is 5.32 Å². The summed E-state index contributed by atoms with van der Waals surface area (Å²) in [6.07, 6.45) is 6.19. The molecule has 0 heterocycles. The summed E-state index contributed by atoms with van der Waals surface area (Å²) in [5.74, 6) is -0.214. The standard InChI is InChI=1S/C17H23ClFN/c1-12(2)20-11-17(9-16(10-17)7-4-8-16)13-5-3-6-14(18)15(13)19/h3,5-6,12,20H,4,7-11H2,1-2H3. The van der Waals surface area contributed by atoms with Crippen molar-refractivity contribution in [2.45, 2.75) is 57.4 Å². The molecule has 1 N–H and O–H groups in total. The van der Waals surface area contributed by atoms with Crippen molar-refractivity contribution in [2.24, 2.45) is 5.41 Å². The number of halogens is 2. The molecular weight excluding hydrogens is 273 g/mol. The lowest BCUT2D eigenvalue weighted by molar-refractivity contribution is -0.0503. The maximum Gasteiger partial charge on any atom is 0.145 e. The molecule has 110 valence electrons. The van der Waals surface area contributed by atoms with Crippen LogP contribution in [-0.4, -0.2) is 12.6 Å². The molecule has 1 aromatic carbocycles. The largest absolute Gasteiger partial charge is 0.314 e. The van der Waals surface area contributed by atoms with Gasteiger partial charge in [-0.25, -0.2) is 4.39 Å². The lowest BCUT2D eigenvalue weighted by atomic mass is 9.43. The van der Waals surface area contributed by atoms with Gasteiger partial charge in [-0.15, -0.1) is 0 Å². The molecule has 0 bridgehead atoms. The molecule has 2 aliphatic carbocycles. The van der Waals surface area contributed by atoms with E-state index in [1.807, 2.05) is 12.1 Å². The number of rotatable bonds is 4. The van der Waals surface area contributed by atoms with Crippen molar-refractivity contribution in [1.29, 1.82) is 0 Å². The summed E-state index contributed by atoms with van der Waals surface area (Å²) in [6, 6.07) is 5.87. The molecular formula is C17H23ClFN. The second-order valence-electron chi connectivity index (χ2n) is 7.12. The third-order valence-corrected chi connectivity index (χ3v) is 5.50. The van der Waals surface area contributed by atoms with Crippen molar-refractivity contribution in [2.75, 3.05) is 6.54 Å². The topological polar surface area (TPSA) is 12.0 Å². The Bertz CT molecular complexity index is 500.